The smallest absolute Gasteiger partial charge is 0.332 e. The van der Waals surface area contributed by atoms with Crippen LogP contribution in [0.5, 0.6) is 11.5 Å². The number of rotatable bonds is 7. The Morgan fingerprint density at radius 2 is 1.94 bits per heavy atom. The zero-order valence-corrected chi connectivity index (χ0v) is 19.6. The minimum absolute atomic E-state index is 0.0326. The molecule has 0 spiro atoms. The molecule has 10 nitrogen and oxygen atoms in total. The molecule has 0 atom stereocenters. The van der Waals surface area contributed by atoms with Crippen LogP contribution < -0.4 is 21.4 Å². The lowest BCUT2D eigenvalue weighted by Crippen LogP contribution is -2.37. The van der Waals surface area contributed by atoms with Gasteiger partial charge in [-0.05, 0) is 42.3 Å². The van der Waals surface area contributed by atoms with Crippen LogP contribution in [0, 0.1) is 0 Å². The Morgan fingerprint density at radius 1 is 1.18 bits per heavy atom. The van der Waals surface area contributed by atoms with Crippen LogP contribution in [0.4, 0.5) is 5.95 Å². The molecule has 2 heterocycles. The number of imidazole rings is 1. The molecular weight excluding hydrogens is 460 g/mol. The van der Waals surface area contributed by atoms with Crippen molar-refractivity contribution >= 4 is 34.9 Å². The minimum atomic E-state index is -0.484. The van der Waals surface area contributed by atoms with Gasteiger partial charge >= 0.3 is 5.69 Å². The Labute approximate surface area is 199 Å². The van der Waals surface area contributed by atoms with Gasteiger partial charge in [-0.2, -0.15) is 10.1 Å². The molecule has 0 bridgehead atoms. The monoisotopic (exact) mass is 482 g/mol. The number of hydrazone groups is 1. The average molecular weight is 483 g/mol. The average Bonchev–Trinajstić information content (AvgIpc) is 3.18. The number of nitrogens with zero attached hydrogens (tertiary/aromatic N) is 5. The molecule has 2 N–H and O–H groups in total. The topological polar surface area (TPSA) is 116 Å². The third kappa shape index (κ3) is 4.27. The van der Waals surface area contributed by atoms with Gasteiger partial charge in [-0.15, -0.1) is 0 Å². The fraction of sp³-hybridized carbons (Fsp3) is 0.217. The van der Waals surface area contributed by atoms with Crippen molar-refractivity contribution in [3.63, 3.8) is 0 Å². The molecule has 0 aliphatic heterocycles. The minimum Gasteiger partial charge on any atom is -0.504 e. The highest BCUT2D eigenvalue weighted by Gasteiger charge is 2.19. The van der Waals surface area contributed by atoms with Gasteiger partial charge in [0, 0.05) is 19.1 Å². The molecule has 176 valence electrons. The molecule has 0 radical (unpaired) electrons. The van der Waals surface area contributed by atoms with Crippen LogP contribution in [-0.4, -0.2) is 36.6 Å². The van der Waals surface area contributed by atoms with Crippen LogP contribution in [-0.2, 0) is 20.6 Å². The molecule has 34 heavy (non-hydrogen) atoms. The maximum Gasteiger partial charge on any atom is 0.332 e. The second-order valence-corrected chi connectivity index (χ2v) is 7.93. The van der Waals surface area contributed by atoms with Gasteiger partial charge < -0.3 is 9.84 Å². The summed E-state index contributed by atoms with van der Waals surface area (Å²) in [6.45, 7) is 2.46. The lowest BCUT2D eigenvalue weighted by molar-refractivity contribution is 0.318. The fourth-order valence-corrected chi connectivity index (χ4v) is 3.72. The summed E-state index contributed by atoms with van der Waals surface area (Å²) >= 11 is 6.36. The van der Waals surface area contributed by atoms with E-state index in [9.17, 15) is 14.7 Å². The number of aromatic nitrogens is 4. The first kappa shape index (κ1) is 23.1. The summed E-state index contributed by atoms with van der Waals surface area (Å²) in [5, 5.41) is 14.7. The van der Waals surface area contributed by atoms with E-state index in [0.29, 0.717) is 22.9 Å². The first-order valence-electron chi connectivity index (χ1n) is 10.5. The summed E-state index contributed by atoms with van der Waals surface area (Å²) < 4.78 is 9.38. The van der Waals surface area contributed by atoms with Gasteiger partial charge in [0.2, 0.25) is 5.95 Å². The van der Waals surface area contributed by atoms with E-state index in [1.165, 1.54) is 23.9 Å². The van der Waals surface area contributed by atoms with E-state index in [4.69, 9.17) is 16.3 Å². The second-order valence-electron chi connectivity index (χ2n) is 7.52. The lowest BCUT2D eigenvalue weighted by Gasteiger charge is -2.10. The van der Waals surface area contributed by atoms with Gasteiger partial charge in [-0.1, -0.05) is 29.8 Å². The van der Waals surface area contributed by atoms with Crippen LogP contribution in [0.1, 0.15) is 18.1 Å². The van der Waals surface area contributed by atoms with Crippen molar-refractivity contribution in [2.75, 3.05) is 12.0 Å². The van der Waals surface area contributed by atoms with Crippen LogP contribution in [0.2, 0.25) is 5.02 Å². The number of phenolic OH excluding ortho intramolecular Hbond substituents is 1. The Kier molecular flexibility index (Phi) is 6.42. The molecule has 4 rings (SSSR count). The first-order valence-corrected chi connectivity index (χ1v) is 10.8. The number of benzene rings is 2. The zero-order valence-electron chi connectivity index (χ0n) is 18.8. The van der Waals surface area contributed by atoms with Gasteiger partial charge in [0.05, 0.1) is 19.4 Å². The Bertz CT molecular complexity index is 1520. The number of fused-ring (bicyclic) bond motifs is 1. The zero-order chi connectivity index (χ0) is 24.4. The van der Waals surface area contributed by atoms with Crippen molar-refractivity contribution in [1.82, 2.24) is 18.7 Å². The summed E-state index contributed by atoms with van der Waals surface area (Å²) in [5.74, 6) is 0.634. The molecule has 0 saturated carbocycles. The van der Waals surface area contributed by atoms with Gasteiger partial charge in [0.25, 0.3) is 5.56 Å². The molecule has 0 aliphatic rings. The van der Waals surface area contributed by atoms with E-state index in [1.807, 2.05) is 25.1 Å². The van der Waals surface area contributed by atoms with Crippen molar-refractivity contribution in [2.24, 2.45) is 19.2 Å². The second kappa shape index (κ2) is 9.44. The predicted octanol–water partition coefficient (Wildman–Crippen LogP) is 2.69. The van der Waals surface area contributed by atoms with Crippen LogP contribution in [0.3, 0.4) is 0 Å². The number of phenols is 1. The van der Waals surface area contributed by atoms with Crippen LogP contribution in [0.15, 0.2) is 57.2 Å². The number of aromatic hydroxyl groups is 1. The summed E-state index contributed by atoms with van der Waals surface area (Å²) in [4.78, 5) is 29.9. The third-order valence-corrected chi connectivity index (χ3v) is 5.66. The standard InChI is InChI=1S/C23H23ClN6O4/c1-4-34-18-11-14(9-10-17(18)31)12-25-27-22-26-20-19(21(32)29(3)23(33)28(20)2)30(22)13-15-7-5-6-8-16(15)24/h5-12,31H,4,13H2,1-3H3,(H,26,27)/b25-12-. The van der Waals surface area contributed by atoms with E-state index in [2.05, 4.69) is 15.5 Å². The lowest BCUT2D eigenvalue weighted by atomic mass is 10.2. The van der Waals surface area contributed by atoms with Crippen molar-refractivity contribution < 1.29 is 9.84 Å². The van der Waals surface area contributed by atoms with E-state index in [-0.39, 0.29) is 29.4 Å². The molecule has 0 unspecified atom stereocenters. The van der Waals surface area contributed by atoms with Gasteiger partial charge in [-0.3, -0.25) is 18.5 Å². The number of aryl methyl sites for hydroxylation is 1. The molecule has 0 aliphatic carbocycles. The van der Waals surface area contributed by atoms with Crippen molar-refractivity contribution in [3.05, 3.63) is 79.5 Å². The quantitative estimate of drug-likeness (QED) is 0.309. The van der Waals surface area contributed by atoms with E-state index < -0.39 is 11.2 Å². The molecule has 0 amide bonds. The predicted molar refractivity (Wildman–Crippen MR) is 131 cm³/mol. The normalized spacial score (nSPS) is 11.4. The SMILES string of the molecule is CCOc1cc(/C=N\Nc2nc3c(c(=O)n(C)c(=O)n3C)n2Cc2ccccc2Cl)ccc1O. The van der Waals surface area contributed by atoms with Gasteiger partial charge in [0.15, 0.2) is 22.7 Å². The number of nitrogens with one attached hydrogen (secondary N) is 1. The summed E-state index contributed by atoms with van der Waals surface area (Å²) in [5.41, 5.74) is 3.81. The van der Waals surface area contributed by atoms with E-state index >= 15 is 0 Å². The number of halogens is 1. The van der Waals surface area contributed by atoms with E-state index in [0.717, 1.165) is 10.1 Å². The number of hydrogen-bond donors (Lipinski definition) is 2. The molecule has 0 fully saturated rings. The number of anilines is 1. The fourth-order valence-electron chi connectivity index (χ4n) is 3.53. The number of hydrogen-bond acceptors (Lipinski definition) is 7. The maximum absolute atomic E-state index is 13.0. The Hall–Kier alpha value is -4.05. The maximum atomic E-state index is 13.0. The molecule has 2 aromatic heterocycles. The Morgan fingerprint density at radius 3 is 2.68 bits per heavy atom. The van der Waals surface area contributed by atoms with E-state index in [1.54, 1.807) is 29.8 Å². The number of ether oxygens (including phenoxy) is 1. The van der Waals surface area contributed by atoms with Gasteiger partial charge in [-0.25, -0.2) is 10.2 Å². The highest BCUT2D eigenvalue weighted by atomic mass is 35.5. The van der Waals surface area contributed by atoms with Crippen molar-refractivity contribution in [1.29, 1.82) is 0 Å². The first-order chi connectivity index (χ1) is 16.3. The van der Waals surface area contributed by atoms with Crippen LogP contribution >= 0.6 is 11.6 Å². The molecule has 11 heteroatoms. The summed E-state index contributed by atoms with van der Waals surface area (Å²) in [7, 11) is 2.97. The molecular formula is C23H23ClN6O4. The molecule has 0 saturated heterocycles. The highest BCUT2D eigenvalue weighted by Crippen LogP contribution is 2.26. The van der Waals surface area contributed by atoms with Crippen LogP contribution in [0.25, 0.3) is 11.2 Å². The summed E-state index contributed by atoms with van der Waals surface area (Å²) in [6, 6.07) is 12.1. The third-order valence-electron chi connectivity index (χ3n) is 5.30. The Balaban J connectivity index is 1.78. The molecule has 2 aromatic carbocycles. The van der Waals surface area contributed by atoms with Gasteiger partial charge in [0.1, 0.15) is 0 Å². The van der Waals surface area contributed by atoms with Crippen molar-refractivity contribution in [2.45, 2.75) is 13.5 Å². The molecule has 4 aromatic rings. The highest BCUT2D eigenvalue weighted by molar-refractivity contribution is 6.31. The largest absolute Gasteiger partial charge is 0.504 e. The summed E-state index contributed by atoms with van der Waals surface area (Å²) in [6.07, 6.45) is 1.53. The van der Waals surface area contributed by atoms with Crippen molar-refractivity contribution in [3.8, 4) is 11.5 Å².